The molecule has 0 radical (unpaired) electrons. The monoisotopic (exact) mass is 272 g/mol. The van der Waals surface area contributed by atoms with Gasteiger partial charge in [-0.15, -0.1) is 22.9 Å². The Morgan fingerprint density at radius 2 is 2.29 bits per heavy atom. The molecule has 1 fully saturated rings. The molecular weight excluding hydrogens is 252 g/mol. The van der Waals surface area contributed by atoms with Gasteiger partial charge in [0.25, 0.3) is 0 Å². The lowest BCUT2D eigenvalue weighted by Gasteiger charge is -2.25. The van der Waals surface area contributed by atoms with E-state index in [0.29, 0.717) is 11.9 Å². The van der Waals surface area contributed by atoms with E-state index in [0.717, 1.165) is 24.6 Å². The van der Waals surface area contributed by atoms with Gasteiger partial charge in [-0.2, -0.15) is 0 Å². The predicted octanol–water partition coefficient (Wildman–Crippen LogP) is 3.54. The number of alkyl halides is 1. The molecule has 0 aliphatic heterocycles. The van der Waals surface area contributed by atoms with Crippen LogP contribution in [0, 0.1) is 5.92 Å². The van der Waals surface area contributed by atoms with E-state index in [9.17, 15) is 0 Å². The Hall–Kier alpha value is -0.120. The smallest absolute Gasteiger partial charge is 0.0941 e. The van der Waals surface area contributed by atoms with Crippen molar-refractivity contribution in [2.75, 3.05) is 13.1 Å². The molecule has 17 heavy (non-hydrogen) atoms. The Morgan fingerprint density at radius 3 is 2.82 bits per heavy atom. The van der Waals surface area contributed by atoms with Gasteiger partial charge in [0.2, 0.25) is 0 Å². The molecule has 0 spiro atoms. The van der Waals surface area contributed by atoms with Gasteiger partial charge in [-0.05, 0) is 32.6 Å². The van der Waals surface area contributed by atoms with Gasteiger partial charge in [0.1, 0.15) is 0 Å². The summed E-state index contributed by atoms with van der Waals surface area (Å²) in [6.07, 6.45) is 3.92. The van der Waals surface area contributed by atoms with Gasteiger partial charge in [-0.3, -0.25) is 0 Å². The number of hydrogen-bond donors (Lipinski definition) is 0. The lowest BCUT2D eigenvalue weighted by molar-refractivity contribution is 0.215. The predicted molar refractivity (Wildman–Crippen MR) is 74.8 cm³/mol. The summed E-state index contributed by atoms with van der Waals surface area (Å²) in [6, 6.07) is 0.642. The first-order chi connectivity index (χ1) is 8.19. The van der Waals surface area contributed by atoms with Crippen LogP contribution in [0.15, 0.2) is 5.38 Å². The number of aromatic nitrogens is 1. The summed E-state index contributed by atoms with van der Waals surface area (Å²) in [4.78, 5) is 7.10. The van der Waals surface area contributed by atoms with Crippen molar-refractivity contribution >= 4 is 22.9 Å². The lowest BCUT2D eigenvalue weighted by Crippen LogP contribution is -2.34. The van der Waals surface area contributed by atoms with Gasteiger partial charge in [-0.25, -0.2) is 4.98 Å². The molecule has 1 aromatic rings. The maximum Gasteiger partial charge on any atom is 0.0941 e. The highest BCUT2D eigenvalue weighted by Gasteiger charge is 2.25. The highest BCUT2D eigenvalue weighted by atomic mass is 35.5. The molecule has 1 aliphatic carbocycles. The van der Waals surface area contributed by atoms with Gasteiger partial charge in [-0.1, -0.05) is 0 Å². The highest BCUT2D eigenvalue weighted by molar-refractivity contribution is 7.09. The molecule has 0 bridgehead atoms. The van der Waals surface area contributed by atoms with Gasteiger partial charge in [0, 0.05) is 30.9 Å². The fourth-order valence-electron chi connectivity index (χ4n) is 1.96. The molecule has 0 unspecified atom stereocenters. The van der Waals surface area contributed by atoms with Crippen molar-refractivity contribution in [3.63, 3.8) is 0 Å². The summed E-state index contributed by atoms with van der Waals surface area (Å²) in [6.45, 7) is 6.97. The number of thiazole rings is 1. The van der Waals surface area contributed by atoms with Crippen molar-refractivity contribution in [1.82, 2.24) is 9.88 Å². The van der Waals surface area contributed by atoms with E-state index in [2.05, 4.69) is 29.1 Å². The van der Waals surface area contributed by atoms with E-state index >= 15 is 0 Å². The number of halogens is 1. The lowest BCUT2D eigenvalue weighted by atomic mass is 10.2. The third-order valence-corrected chi connectivity index (χ3v) is 4.50. The van der Waals surface area contributed by atoms with Crippen LogP contribution in [0.1, 0.15) is 37.4 Å². The topological polar surface area (TPSA) is 16.1 Å². The first-order valence-electron chi connectivity index (χ1n) is 6.42. The summed E-state index contributed by atoms with van der Waals surface area (Å²) in [5, 5.41) is 3.30. The second kappa shape index (κ2) is 6.17. The first kappa shape index (κ1) is 13.3. The summed E-state index contributed by atoms with van der Waals surface area (Å²) in [5.74, 6) is 1.50. The zero-order valence-electron chi connectivity index (χ0n) is 10.7. The van der Waals surface area contributed by atoms with E-state index in [4.69, 9.17) is 11.6 Å². The van der Waals surface area contributed by atoms with Crippen molar-refractivity contribution in [1.29, 1.82) is 0 Å². The minimum atomic E-state index is 0.534. The molecular formula is C13H21ClN2S. The summed E-state index contributed by atoms with van der Waals surface area (Å²) >= 11 is 7.50. The van der Waals surface area contributed by atoms with Gasteiger partial charge >= 0.3 is 0 Å². The molecule has 96 valence electrons. The zero-order chi connectivity index (χ0) is 12.3. The van der Waals surface area contributed by atoms with E-state index < -0.39 is 0 Å². The van der Waals surface area contributed by atoms with E-state index in [-0.39, 0.29) is 0 Å². The second-order valence-electron chi connectivity index (χ2n) is 5.15. The Bertz CT molecular complexity index is 347. The zero-order valence-corrected chi connectivity index (χ0v) is 12.2. The Morgan fingerprint density at radius 1 is 1.53 bits per heavy atom. The first-order valence-corrected chi connectivity index (χ1v) is 7.83. The molecule has 1 aromatic heterocycles. The molecule has 0 amide bonds. The third-order valence-electron chi connectivity index (χ3n) is 3.27. The summed E-state index contributed by atoms with van der Waals surface area (Å²) < 4.78 is 0. The molecule has 1 heterocycles. The standard InChI is InChI=1S/C13H21ClN2S/c1-10(2)16(8-11-3-4-11)6-5-13-15-12(7-14)9-17-13/h9-11H,3-8H2,1-2H3. The largest absolute Gasteiger partial charge is 0.300 e. The summed E-state index contributed by atoms with van der Waals surface area (Å²) in [5.41, 5.74) is 1.02. The van der Waals surface area contributed by atoms with Crippen molar-refractivity contribution in [2.24, 2.45) is 5.92 Å². The van der Waals surface area contributed by atoms with E-state index in [1.165, 1.54) is 24.4 Å². The van der Waals surface area contributed by atoms with E-state index in [1.54, 1.807) is 11.3 Å². The van der Waals surface area contributed by atoms with E-state index in [1.807, 2.05) is 0 Å². The Balaban J connectivity index is 1.81. The number of nitrogens with zero attached hydrogens (tertiary/aromatic N) is 2. The summed E-state index contributed by atoms with van der Waals surface area (Å²) in [7, 11) is 0. The molecule has 0 atom stereocenters. The van der Waals surface area contributed by atoms with Crippen LogP contribution in [0.5, 0.6) is 0 Å². The minimum Gasteiger partial charge on any atom is -0.300 e. The average Bonchev–Trinajstić information content (AvgIpc) is 3.01. The molecule has 2 rings (SSSR count). The molecule has 1 aliphatic rings. The van der Waals surface area contributed by atoms with Crippen molar-refractivity contribution in [3.05, 3.63) is 16.1 Å². The normalized spacial score (nSPS) is 16.1. The van der Waals surface area contributed by atoms with Crippen LogP contribution in [0.4, 0.5) is 0 Å². The van der Waals surface area contributed by atoms with Crippen LogP contribution in [-0.4, -0.2) is 29.0 Å². The highest BCUT2D eigenvalue weighted by Crippen LogP contribution is 2.30. The van der Waals surface area contributed by atoms with Crippen molar-refractivity contribution < 1.29 is 0 Å². The molecule has 0 aromatic carbocycles. The van der Waals surface area contributed by atoms with Crippen LogP contribution in [-0.2, 0) is 12.3 Å². The fraction of sp³-hybridized carbons (Fsp3) is 0.769. The van der Waals surface area contributed by atoms with Crippen LogP contribution < -0.4 is 0 Å². The second-order valence-corrected chi connectivity index (χ2v) is 6.36. The Labute approximate surface area is 113 Å². The maximum atomic E-state index is 5.76. The minimum absolute atomic E-state index is 0.534. The number of hydrogen-bond acceptors (Lipinski definition) is 3. The third kappa shape index (κ3) is 4.23. The van der Waals surface area contributed by atoms with Crippen LogP contribution >= 0.6 is 22.9 Å². The van der Waals surface area contributed by atoms with Crippen molar-refractivity contribution in [3.8, 4) is 0 Å². The van der Waals surface area contributed by atoms with Gasteiger partial charge in [0.15, 0.2) is 0 Å². The van der Waals surface area contributed by atoms with Crippen LogP contribution in [0.25, 0.3) is 0 Å². The SMILES string of the molecule is CC(C)N(CCc1nc(CCl)cs1)CC1CC1. The maximum absolute atomic E-state index is 5.76. The fourth-order valence-corrected chi connectivity index (χ4v) is 2.97. The van der Waals surface area contributed by atoms with Gasteiger partial charge < -0.3 is 4.90 Å². The average molecular weight is 273 g/mol. The van der Waals surface area contributed by atoms with Crippen molar-refractivity contribution in [2.45, 2.75) is 45.0 Å². The van der Waals surface area contributed by atoms with Gasteiger partial charge in [0.05, 0.1) is 16.6 Å². The Kier molecular flexibility index (Phi) is 4.83. The number of rotatable bonds is 7. The molecule has 4 heteroatoms. The van der Waals surface area contributed by atoms with Crippen LogP contribution in [0.3, 0.4) is 0 Å². The van der Waals surface area contributed by atoms with Crippen LogP contribution in [0.2, 0.25) is 0 Å². The molecule has 2 nitrogen and oxygen atoms in total. The molecule has 0 saturated heterocycles. The molecule has 0 N–H and O–H groups in total. The molecule has 1 saturated carbocycles. The quantitative estimate of drug-likeness (QED) is 0.706.